The van der Waals surface area contributed by atoms with Crippen molar-refractivity contribution in [2.75, 3.05) is 7.11 Å². The first kappa shape index (κ1) is 18.5. The van der Waals surface area contributed by atoms with Crippen molar-refractivity contribution in [1.29, 1.82) is 0 Å². The first-order valence-corrected chi connectivity index (χ1v) is 8.75. The average molecular weight is 325 g/mol. The average Bonchev–Trinajstić information content (AvgIpc) is 2.46. The minimum atomic E-state index is 0.127. The van der Waals surface area contributed by atoms with E-state index in [-0.39, 0.29) is 10.8 Å². The zero-order valence-corrected chi connectivity index (χ0v) is 16.0. The first-order chi connectivity index (χ1) is 11.2. The van der Waals surface area contributed by atoms with Crippen LogP contribution in [-0.2, 0) is 19.3 Å². The summed E-state index contributed by atoms with van der Waals surface area (Å²) in [5.41, 5.74) is 4.11. The largest absolute Gasteiger partial charge is 0.496 e. The minimum Gasteiger partial charge on any atom is -0.496 e. The smallest absolute Gasteiger partial charge is 0.125 e. The van der Waals surface area contributed by atoms with Crippen LogP contribution in [0.5, 0.6) is 5.75 Å². The van der Waals surface area contributed by atoms with Crippen molar-refractivity contribution >= 4 is 0 Å². The Balaban J connectivity index is 2.23. The number of rotatable bonds is 6. The molecule has 0 bridgehead atoms. The highest BCUT2D eigenvalue weighted by Gasteiger charge is 2.23. The lowest BCUT2D eigenvalue weighted by Crippen LogP contribution is -2.20. The summed E-state index contributed by atoms with van der Waals surface area (Å²) in [5, 5.41) is 0. The number of methoxy groups -OCH3 is 1. The van der Waals surface area contributed by atoms with Crippen molar-refractivity contribution in [2.24, 2.45) is 10.8 Å². The van der Waals surface area contributed by atoms with Gasteiger partial charge in [0.1, 0.15) is 5.75 Å². The second-order valence-electron chi connectivity index (χ2n) is 8.69. The zero-order chi connectivity index (χ0) is 17.8. The predicted molar refractivity (Wildman–Crippen MR) is 102 cm³/mol. The second-order valence-corrected chi connectivity index (χ2v) is 8.69. The molecule has 0 spiro atoms. The minimum absolute atomic E-state index is 0.127. The first-order valence-electron chi connectivity index (χ1n) is 8.75. The highest BCUT2D eigenvalue weighted by Crippen LogP contribution is 2.35. The molecule has 1 aromatic heterocycles. The number of para-hydroxylation sites is 1. The SMILES string of the molecule is COc1c(CC(C)(C)C)cccc1CC(C)(C)Cc1ccccn1. The summed E-state index contributed by atoms with van der Waals surface area (Å²) in [6, 6.07) is 12.7. The number of ether oxygens (including phenoxy) is 1. The molecule has 0 fully saturated rings. The van der Waals surface area contributed by atoms with Crippen LogP contribution in [-0.4, -0.2) is 12.1 Å². The Morgan fingerprint density at radius 3 is 2.04 bits per heavy atom. The molecule has 24 heavy (non-hydrogen) atoms. The maximum atomic E-state index is 5.80. The number of aromatic nitrogens is 1. The molecular formula is C22H31NO. The highest BCUT2D eigenvalue weighted by molar-refractivity contribution is 5.42. The summed E-state index contributed by atoms with van der Waals surface area (Å²) in [7, 11) is 1.79. The molecule has 2 aromatic rings. The number of benzene rings is 1. The molecule has 0 aliphatic carbocycles. The summed E-state index contributed by atoms with van der Waals surface area (Å²) >= 11 is 0. The molecule has 2 heteroatoms. The van der Waals surface area contributed by atoms with E-state index in [0.29, 0.717) is 0 Å². The summed E-state index contributed by atoms with van der Waals surface area (Å²) in [6.07, 6.45) is 4.83. The van der Waals surface area contributed by atoms with Gasteiger partial charge in [-0.25, -0.2) is 0 Å². The van der Waals surface area contributed by atoms with Crippen molar-refractivity contribution in [3.8, 4) is 5.75 Å². The van der Waals surface area contributed by atoms with E-state index in [1.165, 1.54) is 11.1 Å². The van der Waals surface area contributed by atoms with Crippen LogP contribution in [0, 0.1) is 10.8 Å². The Bertz CT molecular complexity index is 653. The molecule has 0 atom stereocenters. The molecule has 1 heterocycles. The maximum absolute atomic E-state index is 5.80. The van der Waals surface area contributed by atoms with E-state index in [9.17, 15) is 0 Å². The molecule has 0 unspecified atom stereocenters. The third-order valence-corrected chi connectivity index (χ3v) is 4.16. The fraction of sp³-hybridized carbons (Fsp3) is 0.500. The zero-order valence-electron chi connectivity index (χ0n) is 16.0. The lowest BCUT2D eigenvalue weighted by molar-refractivity contribution is 0.339. The van der Waals surface area contributed by atoms with Crippen molar-refractivity contribution in [1.82, 2.24) is 4.98 Å². The van der Waals surface area contributed by atoms with E-state index in [1.54, 1.807) is 7.11 Å². The van der Waals surface area contributed by atoms with Gasteiger partial charge in [-0.1, -0.05) is 58.9 Å². The molecule has 2 nitrogen and oxygen atoms in total. The van der Waals surface area contributed by atoms with E-state index in [1.807, 2.05) is 12.3 Å². The molecular weight excluding hydrogens is 294 g/mol. The van der Waals surface area contributed by atoms with Crippen LogP contribution in [0.25, 0.3) is 0 Å². The van der Waals surface area contributed by atoms with Crippen molar-refractivity contribution < 1.29 is 4.74 Å². The Kier molecular flexibility index (Phi) is 5.69. The lowest BCUT2D eigenvalue weighted by atomic mass is 9.80. The van der Waals surface area contributed by atoms with Gasteiger partial charge in [-0.15, -0.1) is 0 Å². The van der Waals surface area contributed by atoms with Crippen LogP contribution < -0.4 is 4.74 Å². The molecule has 2 rings (SSSR count). The normalized spacial score (nSPS) is 12.2. The predicted octanol–water partition coefficient (Wildman–Crippen LogP) is 5.49. The second kappa shape index (κ2) is 7.38. The van der Waals surface area contributed by atoms with Gasteiger partial charge in [0.05, 0.1) is 7.11 Å². The van der Waals surface area contributed by atoms with Crippen LogP contribution in [0.3, 0.4) is 0 Å². The van der Waals surface area contributed by atoms with Crippen LogP contribution in [0.15, 0.2) is 42.6 Å². The number of nitrogens with zero attached hydrogens (tertiary/aromatic N) is 1. The van der Waals surface area contributed by atoms with Gasteiger partial charge < -0.3 is 4.74 Å². The third-order valence-electron chi connectivity index (χ3n) is 4.16. The molecule has 130 valence electrons. The summed E-state index contributed by atoms with van der Waals surface area (Å²) in [5.74, 6) is 1.06. The third kappa shape index (κ3) is 5.36. The Morgan fingerprint density at radius 1 is 0.833 bits per heavy atom. The van der Waals surface area contributed by atoms with Crippen molar-refractivity contribution in [3.63, 3.8) is 0 Å². The molecule has 0 aliphatic heterocycles. The standard InChI is InChI=1S/C22H31NO/c1-21(2,3)14-17-10-9-11-18(20(17)24-6)15-22(4,5)16-19-12-7-8-13-23-19/h7-13H,14-16H2,1-6H3. The lowest BCUT2D eigenvalue weighted by Gasteiger charge is -2.27. The van der Waals surface area contributed by atoms with E-state index in [4.69, 9.17) is 4.74 Å². The van der Waals surface area contributed by atoms with Gasteiger partial charge in [0.25, 0.3) is 0 Å². The Labute approximate surface area is 147 Å². The molecule has 0 aliphatic rings. The Morgan fingerprint density at radius 2 is 1.50 bits per heavy atom. The topological polar surface area (TPSA) is 22.1 Å². The number of hydrogen-bond acceptors (Lipinski definition) is 2. The monoisotopic (exact) mass is 325 g/mol. The van der Waals surface area contributed by atoms with Crippen LogP contribution in [0.2, 0.25) is 0 Å². The van der Waals surface area contributed by atoms with Crippen molar-refractivity contribution in [2.45, 2.75) is 53.9 Å². The molecule has 0 radical (unpaired) electrons. The van der Waals surface area contributed by atoms with Crippen molar-refractivity contribution in [3.05, 3.63) is 59.4 Å². The quantitative estimate of drug-likeness (QED) is 0.700. The summed E-state index contributed by atoms with van der Waals surface area (Å²) in [6.45, 7) is 11.4. The van der Waals surface area contributed by atoms with Gasteiger partial charge >= 0.3 is 0 Å². The van der Waals surface area contributed by atoms with Crippen LogP contribution in [0.4, 0.5) is 0 Å². The maximum Gasteiger partial charge on any atom is 0.125 e. The van der Waals surface area contributed by atoms with E-state index in [2.05, 4.69) is 69.9 Å². The van der Waals surface area contributed by atoms with Gasteiger partial charge in [-0.05, 0) is 53.4 Å². The summed E-state index contributed by atoms with van der Waals surface area (Å²) < 4.78 is 5.80. The number of hydrogen-bond donors (Lipinski definition) is 0. The molecule has 1 aromatic carbocycles. The fourth-order valence-electron chi connectivity index (χ4n) is 3.32. The van der Waals surface area contributed by atoms with Gasteiger partial charge in [0, 0.05) is 11.9 Å². The number of pyridine rings is 1. The van der Waals surface area contributed by atoms with E-state index >= 15 is 0 Å². The van der Waals surface area contributed by atoms with E-state index < -0.39 is 0 Å². The molecule has 0 saturated heterocycles. The molecule has 0 amide bonds. The molecule has 0 N–H and O–H groups in total. The van der Waals surface area contributed by atoms with Gasteiger partial charge in [-0.2, -0.15) is 0 Å². The van der Waals surface area contributed by atoms with Gasteiger partial charge in [0.15, 0.2) is 0 Å². The Hall–Kier alpha value is -1.83. The van der Waals surface area contributed by atoms with Crippen LogP contribution >= 0.6 is 0 Å². The molecule has 0 saturated carbocycles. The van der Waals surface area contributed by atoms with Crippen LogP contribution in [0.1, 0.15) is 51.4 Å². The van der Waals surface area contributed by atoms with Gasteiger partial charge in [-0.3, -0.25) is 4.98 Å². The fourth-order valence-corrected chi connectivity index (χ4v) is 3.32. The summed E-state index contributed by atoms with van der Waals surface area (Å²) in [4.78, 5) is 4.48. The van der Waals surface area contributed by atoms with Gasteiger partial charge in [0.2, 0.25) is 0 Å². The highest BCUT2D eigenvalue weighted by atomic mass is 16.5. The van der Waals surface area contributed by atoms with E-state index in [0.717, 1.165) is 30.7 Å².